The Morgan fingerprint density at radius 1 is 0.792 bits per heavy atom. The molecule has 248 valence electrons. The summed E-state index contributed by atoms with van der Waals surface area (Å²) in [5.41, 5.74) is -2.31. The van der Waals surface area contributed by atoms with Crippen molar-refractivity contribution in [2.75, 3.05) is 17.7 Å². The number of hydrogen-bond donors (Lipinski definition) is 2. The summed E-state index contributed by atoms with van der Waals surface area (Å²) in [6.45, 7) is 5.09. The van der Waals surface area contributed by atoms with Gasteiger partial charge in [-0.15, -0.1) is 11.3 Å². The SMILES string of the molecule is COc1ccc(-c2cc(C(=O)OC(C)(C)C)ccc2F)cc1C(=O)Nc1c(C(=O)Nc2ccc(F)c(C(F)(F)F)c2)sc2ccccc12. The van der Waals surface area contributed by atoms with Crippen molar-refractivity contribution in [3.8, 4) is 16.9 Å². The standard InChI is InChI=1S/C35H27F5N2O5S/c1-34(2,3)47-33(45)19-9-12-25(36)22(16-19)18-10-14-27(46-4)23(15-18)31(43)42-29-21-7-5-6-8-28(21)48-30(29)32(44)41-20-11-13-26(37)24(17-20)35(38,39)40/h5-17H,1-4H3,(H,41,44)(H,42,43). The van der Waals surface area contributed by atoms with E-state index in [0.29, 0.717) is 22.2 Å². The van der Waals surface area contributed by atoms with Crippen LogP contribution in [0.4, 0.5) is 33.3 Å². The Balaban J connectivity index is 1.50. The van der Waals surface area contributed by atoms with Gasteiger partial charge in [0.2, 0.25) is 0 Å². The van der Waals surface area contributed by atoms with Crippen LogP contribution in [-0.2, 0) is 10.9 Å². The lowest BCUT2D eigenvalue weighted by molar-refractivity contribution is -0.139. The molecule has 0 spiro atoms. The van der Waals surface area contributed by atoms with Crippen molar-refractivity contribution in [1.29, 1.82) is 0 Å². The lowest BCUT2D eigenvalue weighted by Gasteiger charge is -2.19. The van der Waals surface area contributed by atoms with E-state index in [1.807, 2.05) is 0 Å². The third-order valence-electron chi connectivity index (χ3n) is 6.93. The van der Waals surface area contributed by atoms with E-state index in [-0.39, 0.29) is 44.3 Å². The molecule has 5 aromatic rings. The number of rotatable bonds is 7. The summed E-state index contributed by atoms with van der Waals surface area (Å²) in [6.07, 6.45) is -4.99. The number of anilines is 2. The number of halogens is 5. The Labute approximate surface area is 275 Å². The highest BCUT2D eigenvalue weighted by Crippen LogP contribution is 2.38. The van der Waals surface area contributed by atoms with E-state index in [9.17, 15) is 31.9 Å². The first-order chi connectivity index (χ1) is 22.6. The Bertz CT molecular complexity index is 2070. The van der Waals surface area contributed by atoms with Crippen molar-refractivity contribution in [3.05, 3.63) is 112 Å². The second kappa shape index (κ2) is 13.1. The van der Waals surface area contributed by atoms with Gasteiger partial charge in [0.1, 0.15) is 27.9 Å². The van der Waals surface area contributed by atoms with Gasteiger partial charge < -0.3 is 20.1 Å². The molecule has 0 aliphatic rings. The van der Waals surface area contributed by atoms with Gasteiger partial charge in [-0.2, -0.15) is 13.2 Å². The highest BCUT2D eigenvalue weighted by molar-refractivity contribution is 7.21. The van der Waals surface area contributed by atoms with Crippen molar-refractivity contribution in [2.24, 2.45) is 0 Å². The minimum Gasteiger partial charge on any atom is -0.496 e. The van der Waals surface area contributed by atoms with Crippen LogP contribution in [0.2, 0.25) is 0 Å². The quantitative estimate of drug-likeness (QED) is 0.132. The zero-order chi connectivity index (χ0) is 35.0. The molecular formula is C35H27F5N2O5S. The molecular weight excluding hydrogens is 655 g/mol. The lowest BCUT2D eigenvalue weighted by Crippen LogP contribution is -2.23. The Morgan fingerprint density at radius 2 is 1.50 bits per heavy atom. The number of nitrogens with one attached hydrogen (secondary N) is 2. The summed E-state index contributed by atoms with van der Waals surface area (Å²) in [5, 5.41) is 5.52. The van der Waals surface area contributed by atoms with Gasteiger partial charge in [-0.05, 0) is 80.9 Å². The second-order valence-electron chi connectivity index (χ2n) is 11.5. The second-order valence-corrected chi connectivity index (χ2v) is 12.6. The summed E-state index contributed by atoms with van der Waals surface area (Å²) < 4.78 is 80.1. The van der Waals surface area contributed by atoms with Gasteiger partial charge in [-0.3, -0.25) is 9.59 Å². The fourth-order valence-corrected chi connectivity index (χ4v) is 5.84. The van der Waals surface area contributed by atoms with Gasteiger partial charge in [0.05, 0.1) is 29.5 Å². The van der Waals surface area contributed by atoms with Crippen LogP contribution in [0.15, 0.2) is 78.9 Å². The van der Waals surface area contributed by atoms with Crippen LogP contribution in [0.1, 0.15) is 56.7 Å². The molecule has 5 rings (SSSR count). The van der Waals surface area contributed by atoms with Gasteiger partial charge >= 0.3 is 12.1 Å². The zero-order valence-electron chi connectivity index (χ0n) is 25.8. The predicted octanol–water partition coefficient (Wildman–Crippen LogP) is 9.33. The number of alkyl halides is 3. The molecule has 0 saturated carbocycles. The minimum absolute atomic E-state index is 0.00800. The van der Waals surface area contributed by atoms with Gasteiger partial charge in [0.15, 0.2) is 0 Å². The molecule has 7 nitrogen and oxygen atoms in total. The number of benzene rings is 4. The van der Waals surface area contributed by atoms with Crippen molar-refractivity contribution in [3.63, 3.8) is 0 Å². The van der Waals surface area contributed by atoms with Crippen molar-refractivity contribution in [1.82, 2.24) is 0 Å². The molecule has 0 fully saturated rings. The molecule has 0 aliphatic heterocycles. The van der Waals surface area contributed by atoms with E-state index in [2.05, 4.69) is 10.6 Å². The molecule has 0 atom stereocenters. The molecule has 2 N–H and O–H groups in total. The molecule has 4 aromatic carbocycles. The van der Waals surface area contributed by atoms with E-state index in [0.717, 1.165) is 23.5 Å². The number of carbonyl (C=O) groups is 3. The van der Waals surface area contributed by atoms with Crippen LogP contribution < -0.4 is 15.4 Å². The number of thiophene rings is 1. The maximum Gasteiger partial charge on any atom is 0.419 e. The van der Waals surface area contributed by atoms with Crippen LogP contribution in [-0.4, -0.2) is 30.5 Å². The first-order valence-electron chi connectivity index (χ1n) is 14.3. The number of methoxy groups -OCH3 is 1. The average molecular weight is 683 g/mol. The van der Waals surface area contributed by atoms with E-state index in [4.69, 9.17) is 9.47 Å². The maximum absolute atomic E-state index is 15.1. The van der Waals surface area contributed by atoms with E-state index >= 15 is 4.39 Å². The summed E-state index contributed by atoms with van der Waals surface area (Å²) in [5.74, 6) is -4.33. The minimum atomic E-state index is -4.99. The van der Waals surface area contributed by atoms with Crippen LogP contribution >= 0.6 is 11.3 Å². The molecule has 0 aliphatic carbocycles. The Kier molecular flexibility index (Phi) is 9.27. The average Bonchev–Trinajstić information content (AvgIpc) is 3.38. The van der Waals surface area contributed by atoms with Gasteiger partial charge in [0, 0.05) is 21.3 Å². The van der Waals surface area contributed by atoms with Crippen LogP contribution in [0.3, 0.4) is 0 Å². The molecule has 0 saturated heterocycles. The Morgan fingerprint density at radius 3 is 2.19 bits per heavy atom. The molecule has 1 aromatic heterocycles. The van der Waals surface area contributed by atoms with Gasteiger partial charge in [-0.25, -0.2) is 13.6 Å². The normalized spacial score (nSPS) is 11.7. The molecule has 0 radical (unpaired) electrons. The number of fused-ring (bicyclic) bond motifs is 1. The number of carbonyl (C=O) groups excluding carboxylic acids is 3. The highest BCUT2D eigenvalue weighted by atomic mass is 32.1. The Hall–Kier alpha value is -5.30. The topological polar surface area (TPSA) is 93.7 Å². The molecule has 0 bridgehead atoms. The third-order valence-corrected chi connectivity index (χ3v) is 8.10. The summed E-state index contributed by atoms with van der Waals surface area (Å²) >= 11 is 0.974. The molecule has 48 heavy (non-hydrogen) atoms. The predicted molar refractivity (Wildman–Crippen MR) is 173 cm³/mol. The van der Waals surface area contributed by atoms with E-state index in [1.165, 1.54) is 37.4 Å². The lowest BCUT2D eigenvalue weighted by atomic mass is 9.99. The fraction of sp³-hybridized carbons (Fsp3) is 0.171. The highest BCUT2D eigenvalue weighted by Gasteiger charge is 2.34. The van der Waals surface area contributed by atoms with Crippen LogP contribution in [0, 0.1) is 11.6 Å². The maximum atomic E-state index is 15.1. The number of ether oxygens (including phenoxy) is 2. The van der Waals surface area contributed by atoms with Crippen LogP contribution in [0.25, 0.3) is 21.2 Å². The molecule has 0 unspecified atom stereocenters. The van der Waals surface area contributed by atoms with Gasteiger partial charge in [-0.1, -0.05) is 24.3 Å². The summed E-state index contributed by atoms with van der Waals surface area (Å²) in [6, 6.07) is 16.8. The monoisotopic (exact) mass is 682 g/mol. The van der Waals surface area contributed by atoms with Crippen molar-refractivity contribution in [2.45, 2.75) is 32.5 Å². The first kappa shape index (κ1) is 34.0. The van der Waals surface area contributed by atoms with Crippen molar-refractivity contribution >= 4 is 50.6 Å². The van der Waals surface area contributed by atoms with E-state index in [1.54, 1.807) is 45.0 Å². The summed E-state index contributed by atoms with van der Waals surface area (Å²) in [7, 11) is 1.33. The number of hydrogen-bond acceptors (Lipinski definition) is 6. The first-order valence-corrected chi connectivity index (χ1v) is 15.1. The zero-order valence-corrected chi connectivity index (χ0v) is 26.7. The van der Waals surface area contributed by atoms with Crippen LogP contribution in [0.5, 0.6) is 5.75 Å². The molecule has 13 heteroatoms. The largest absolute Gasteiger partial charge is 0.496 e. The fourth-order valence-electron chi connectivity index (χ4n) is 4.78. The third kappa shape index (κ3) is 7.31. The smallest absolute Gasteiger partial charge is 0.419 e. The number of esters is 1. The van der Waals surface area contributed by atoms with E-state index < -0.39 is 46.8 Å². The molecule has 1 heterocycles. The van der Waals surface area contributed by atoms with Gasteiger partial charge in [0.25, 0.3) is 11.8 Å². The summed E-state index contributed by atoms with van der Waals surface area (Å²) in [4.78, 5) is 39.8. The number of amides is 2. The van der Waals surface area contributed by atoms with Crippen molar-refractivity contribution < 1.29 is 45.8 Å². The molecule has 2 amide bonds.